The molecule has 0 spiro atoms. The van der Waals surface area contributed by atoms with Crippen LogP contribution in [0.4, 0.5) is 17.1 Å². The molecule has 1 aromatic rings. The molecule has 1 aliphatic heterocycles. The maximum Gasteiger partial charge on any atom is 0.302 e. The number of non-ortho nitro benzene ring substituents is 1. The third-order valence-electron chi connectivity index (χ3n) is 11.0. The summed E-state index contributed by atoms with van der Waals surface area (Å²) in [5.74, 6) is 1.99. The molecule has 3 saturated carbocycles. The molecule has 1 heterocycles. The van der Waals surface area contributed by atoms with Crippen LogP contribution in [0.1, 0.15) is 65.7 Å². The number of benzene rings is 1. The topological polar surface area (TPSA) is 128 Å². The number of ether oxygens (including phenoxy) is 1. The second-order valence-electron chi connectivity index (χ2n) is 12.7. The first-order valence-electron chi connectivity index (χ1n) is 13.8. The third-order valence-corrected chi connectivity index (χ3v) is 11.0. The van der Waals surface area contributed by atoms with Crippen molar-refractivity contribution in [3.8, 4) is 0 Å². The molecule has 10 heteroatoms. The molecule has 4 aliphatic carbocycles. The van der Waals surface area contributed by atoms with E-state index in [1.807, 2.05) is 5.01 Å². The quantitative estimate of drug-likeness (QED) is 0.243. The van der Waals surface area contributed by atoms with Crippen LogP contribution >= 0.6 is 0 Å². The van der Waals surface area contributed by atoms with Crippen LogP contribution < -0.4 is 10.4 Å². The Bertz CT molecular complexity index is 1230. The predicted octanol–water partition coefficient (Wildman–Crippen LogP) is 5.32. The van der Waals surface area contributed by atoms with Gasteiger partial charge in [0.15, 0.2) is 0 Å². The van der Waals surface area contributed by atoms with Crippen molar-refractivity contribution in [3.63, 3.8) is 0 Å². The van der Waals surface area contributed by atoms with E-state index in [9.17, 15) is 25.0 Å². The van der Waals surface area contributed by atoms with E-state index < -0.39 is 9.85 Å². The molecule has 1 saturated heterocycles. The summed E-state index contributed by atoms with van der Waals surface area (Å²) < 4.78 is 5.58. The Morgan fingerprint density at radius 1 is 1.11 bits per heavy atom. The van der Waals surface area contributed by atoms with Gasteiger partial charge >= 0.3 is 11.7 Å². The van der Waals surface area contributed by atoms with E-state index in [0.29, 0.717) is 35.9 Å². The lowest BCUT2D eigenvalue weighted by Crippen LogP contribution is -2.51. The van der Waals surface area contributed by atoms with Gasteiger partial charge in [0.25, 0.3) is 5.69 Å². The summed E-state index contributed by atoms with van der Waals surface area (Å²) in [6.07, 6.45) is 9.71. The minimum absolute atomic E-state index is 0.00160. The predicted molar refractivity (Wildman–Crippen MR) is 140 cm³/mol. The van der Waals surface area contributed by atoms with Gasteiger partial charge in [-0.05, 0) is 73.2 Å². The number of nitro benzene ring substituents is 2. The third kappa shape index (κ3) is 3.74. The largest absolute Gasteiger partial charge is 0.462 e. The molecule has 10 nitrogen and oxygen atoms in total. The second kappa shape index (κ2) is 8.76. The maximum atomic E-state index is 11.8. The summed E-state index contributed by atoms with van der Waals surface area (Å²) in [5, 5.41) is 24.8. The van der Waals surface area contributed by atoms with Gasteiger partial charge in [0.05, 0.1) is 15.9 Å². The fourth-order valence-corrected chi connectivity index (χ4v) is 9.21. The van der Waals surface area contributed by atoms with Crippen molar-refractivity contribution >= 4 is 23.0 Å². The molecule has 204 valence electrons. The van der Waals surface area contributed by atoms with Gasteiger partial charge < -0.3 is 9.75 Å². The molecule has 38 heavy (non-hydrogen) atoms. The number of allylic oxidation sites excluding steroid dienone is 1. The number of nitrogens with one attached hydrogen (secondary N) is 1. The fourth-order valence-electron chi connectivity index (χ4n) is 9.21. The van der Waals surface area contributed by atoms with E-state index in [1.54, 1.807) is 0 Å². The molecule has 8 atom stereocenters. The van der Waals surface area contributed by atoms with Crippen molar-refractivity contribution in [3.05, 3.63) is 50.1 Å². The smallest absolute Gasteiger partial charge is 0.302 e. The van der Waals surface area contributed by atoms with Gasteiger partial charge in [-0.1, -0.05) is 25.5 Å². The molecule has 6 rings (SSSR count). The van der Waals surface area contributed by atoms with Gasteiger partial charge in [-0.3, -0.25) is 25.0 Å². The molecule has 0 radical (unpaired) electrons. The number of anilines is 1. The zero-order valence-electron chi connectivity index (χ0n) is 22.2. The number of nitro groups is 2. The van der Waals surface area contributed by atoms with Crippen molar-refractivity contribution in [2.24, 2.45) is 34.5 Å². The second-order valence-corrected chi connectivity index (χ2v) is 12.7. The van der Waals surface area contributed by atoms with Gasteiger partial charge in [0.1, 0.15) is 11.8 Å². The van der Waals surface area contributed by atoms with Crippen LogP contribution in [0.2, 0.25) is 0 Å². The number of hydrogen-bond acceptors (Lipinski definition) is 8. The lowest BCUT2D eigenvalue weighted by molar-refractivity contribution is -0.393. The number of hydrogen-bond donors (Lipinski definition) is 1. The standard InChI is InChI=1S/C28H36N4O6/c1-16(33)38-19-8-10-27(2)17(12-19)4-6-20-21(27)9-11-28(3)22(20)14-24-23(28)15-30(29-24)25-7-5-18(31(34)35)13-26(25)32(36)37/h4-5,7,13,19-24,29H,6,8-12,14-15H2,1-3H3/t19-,20+,21-,22-,23-,24-,27-,28-/m0/s1. The van der Waals surface area contributed by atoms with Crippen LogP contribution in [-0.2, 0) is 9.53 Å². The first-order chi connectivity index (χ1) is 18.0. The Balaban J connectivity index is 1.22. The van der Waals surface area contributed by atoms with Crippen LogP contribution in [-0.4, -0.2) is 34.5 Å². The van der Waals surface area contributed by atoms with Gasteiger partial charge in [-0.25, -0.2) is 5.43 Å². The van der Waals surface area contributed by atoms with E-state index >= 15 is 0 Å². The monoisotopic (exact) mass is 524 g/mol. The molecule has 0 bridgehead atoms. The summed E-state index contributed by atoms with van der Waals surface area (Å²) in [5.41, 5.74) is 5.24. The summed E-state index contributed by atoms with van der Waals surface area (Å²) in [6, 6.07) is 4.14. The summed E-state index contributed by atoms with van der Waals surface area (Å²) >= 11 is 0. The number of esters is 1. The highest BCUT2D eigenvalue weighted by Gasteiger charge is 2.63. The normalized spacial score (nSPS) is 39.3. The first kappa shape index (κ1) is 25.3. The molecule has 0 amide bonds. The van der Waals surface area contributed by atoms with Gasteiger partial charge in [0, 0.05) is 37.9 Å². The van der Waals surface area contributed by atoms with Crippen LogP contribution in [0, 0.1) is 54.7 Å². The lowest BCUT2D eigenvalue weighted by atomic mass is 9.47. The van der Waals surface area contributed by atoms with E-state index in [-0.39, 0.29) is 40.3 Å². The average molecular weight is 525 g/mol. The highest BCUT2D eigenvalue weighted by atomic mass is 16.6. The Kier molecular flexibility index (Phi) is 5.83. The summed E-state index contributed by atoms with van der Waals surface area (Å²) in [6.45, 7) is 7.02. The van der Waals surface area contributed by atoms with Crippen molar-refractivity contribution in [2.75, 3.05) is 11.6 Å². The molecule has 0 aromatic heterocycles. The Morgan fingerprint density at radius 2 is 1.89 bits per heavy atom. The van der Waals surface area contributed by atoms with E-state index in [0.717, 1.165) is 44.6 Å². The van der Waals surface area contributed by atoms with Gasteiger partial charge in [-0.2, -0.15) is 0 Å². The molecule has 0 unspecified atom stereocenters. The first-order valence-corrected chi connectivity index (χ1v) is 13.8. The van der Waals surface area contributed by atoms with E-state index in [4.69, 9.17) is 4.74 Å². The van der Waals surface area contributed by atoms with Crippen LogP contribution in [0.3, 0.4) is 0 Å². The van der Waals surface area contributed by atoms with E-state index in [1.165, 1.54) is 31.1 Å². The Labute approximate surface area is 222 Å². The van der Waals surface area contributed by atoms with Crippen LogP contribution in [0.15, 0.2) is 29.8 Å². The van der Waals surface area contributed by atoms with Gasteiger partial charge in [-0.15, -0.1) is 0 Å². The molecule has 1 N–H and O–H groups in total. The van der Waals surface area contributed by atoms with E-state index in [2.05, 4.69) is 25.3 Å². The molecular weight excluding hydrogens is 488 g/mol. The molecule has 5 aliphatic rings. The summed E-state index contributed by atoms with van der Waals surface area (Å²) in [7, 11) is 0. The average Bonchev–Trinajstić information content (AvgIpc) is 3.40. The lowest BCUT2D eigenvalue weighted by Gasteiger charge is -2.58. The van der Waals surface area contributed by atoms with Crippen molar-refractivity contribution in [1.29, 1.82) is 0 Å². The maximum absolute atomic E-state index is 11.8. The Hall–Kier alpha value is -3.01. The Morgan fingerprint density at radius 3 is 2.61 bits per heavy atom. The highest BCUT2D eigenvalue weighted by molar-refractivity contribution is 5.67. The molecule has 4 fully saturated rings. The fraction of sp³-hybridized carbons (Fsp3) is 0.679. The van der Waals surface area contributed by atoms with Crippen LogP contribution in [0.25, 0.3) is 0 Å². The molecule has 1 aromatic carbocycles. The van der Waals surface area contributed by atoms with Crippen molar-refractivity contribution in [2.45, 2.75) is 77.9 Å². The number of nitrogens with zero attached hydrogens (tertiary/aromatic N) is 3. The van der Waals surface area contributed by atoms with Crippen LogP contribution in [0.5, 0.6) is 0 Å². The minimum Gasteiger partial charge on any atom is -0.462 e. The van der Waals surface area contributed by atoms with Crippen molar-refractivity contribution < 1.29 is 19.4 Å². The number of rotatable bonds is 4. The number of hydrazine groups is 1. The molecular formula is C28H36N4O6. The number of fused-ring (bicyclic) bond motifs is 7. The zero-order valence-corrected chi connectivity index (χ0v) is 22.2. The minimum atomic E-state index is -0.597. The number of carbonyl (C=O) groups is 1. The number of carbonyl (C=O) groups excluding carboxylic acids is 1. The van der Waals surface area contributed by atoms with Crippen molar-refractivity contribution in [1.82, 2.24) is 5.43 Å². The SMILES string of the molecule is CC(=O)O[C@H]1CC[C@@]2(C)C(=CC[C@H]3[C@@H]4C[C@@H]5NN(c6ccc([N+](=O)[O-])cc6[N+](=O)[O-])C[C@@H]5[C@@]4(C)CC[C@@H]32)C1. The summed E-state index contributed by atoms with van der Waals surface area (Å²) in [4.78, 5) is 33.4. The van der Waals surface area contributed by atoms with Gasteiger partial charge in [0.2, 0.25) is 0 Å². The highest BCUT2D eigenvalue weighted by Crippen LogP contribution is 2.67. The zero-order chi connectivity index (χ0) is 27.0.